The highest BCUT2D eigenvalue weighted by Gasteiger charge is 2.45. The van der Waals surface area contributed by atoms with Gasteiger partial charge in [-0.15, -0.1) is 0 Å². The zero-order valence-corrected chi connectivity index (χ0v) is 15.9. The van der Waals surface area contributed by atoms with Crippen LogP contribution in [0.2, 0.25) is 0 Å². The first-order valence-corrected chi connectivity index (χ1v) is 10.5. The maximum Gasteiger partial charge on any atom is 0.293 e. The summed E-state index contributed by atoms with van der Waals surface area (Å²) >= 11 is 1.58. The maximum absolute atomic E-state index is 13.4. The number of hydrogen-bond donors (Lipinski definition) is 0. The van der Waals surface area contributed by atoms with Crippen molar-refractivity contribution in [1.82, 2.24) is 10.1 Å². The van der Waals surface area contributed by atoms with E-state index in [1.807, 2.05) is 25.1 Å². The van der Waals surface area contributed by atoms with Crippen molar-refractivity contribution in [3.8, 4) is 0 Å². The Labute approximate surface area is 158 Å². The summed E-state index contributed by atoms with van der Waals surface area (Å²) in [7, 11) is 0. The number of benzene rings is 1. The summed E-state index contributed by atoms with van der Waals surface area (Å²) in [6.45, 7) is 2.81. The third-order valence-corrected chi connectivity index (χ3v) is 7.53. The van der Waals surface area contributed by atoms with Gasteiger partial charge in [-0.25, -0.2) is 0 Å². The summed E-state index contributed by atoms with van der Waals surface area (Å²) in [4.78, 5) is 17.5. The molecule has 0 spiro atoms. The monoisotopic (exact) mass is 368 g/mol. The fraction of sp³-hybridized carbons (Fsp3) is 0.524. The van der Waals surface area contributed by atoms with Gasteiger partial charge in [0.1, 0.15) is 0 Å². The molecule has 4 bridgehead atoms. The molecule has 2 atom stereocenters. The molecule has 1 aromatic carbocycles. The molecule has 4 nitrogen and oxygen atoms in total. The van der Waals surface area contributed by atoms with Crippen LogP contribution in [0.25, 0.3) is 0 Å². The number of fused-ring (bicyclic) bond motifs is 1. The fourth-order valence-electron chi connectivity index (χ4n) is 5.39. The summed E-state index contributed by atoms with van der Waals surface area (Å²) in [5, 5.41) is 4.12. The summed E-state index contributed by atoms with van der Waals surface area (Å²) in [5.74, 6) is 2.79. The quantitative estimate of drug-likeness (QED) is 0.782. The Kier molecular flexibility index (Phi) is 4.07. The third-order valence-electron chi connectivity index (χ3n) is 6.33. The van der Waals surface area contributed by atoms with Crippen LogP contribution in [-0.2, 0) is 0 Å². The molecule has 1 amide bonds. The lowest BCUT2D eigenvalue weighted by Gasteiger charge is -2.38. The summed E-state index contributed by atoms with van der Waals surface area (Å²) in [5.41, 5.74) is 0.794. The maximum atomic E-state index is 13.4. The van der Waals surface area contributed by atoms with E-state index in [2.05, 4.69) is 22.2 Å². The van der Waals surface area contributed by atoms with Crippen LogP contribution in [0.5, 0.6) is 0 Å². The first-order valence-electron chi connectivity index (χ1n) is 9.67. The van der Waals surface area contributed by atoms with Crippen molar-refractivity contribution >= 4 is 17.7 Å². The van der Waals surface area contributed by atoms with Crippen molar-refractivity contribution in [2.75, 3.05) is 6.54 Å². The molecule has 2 saturated carbocycles. The van der Waals surface area contributed by atoms with E-state index in [1.165, 1.54) is 32.1 Å². The zero-order valence-electron chi connectivity index (χ0n) is 15.1. The predicted molar refractivity (Wildman–Crippen MR) is 100 cm³/mol. The van der Waals surface area contributed by atoms with Crippen molar-refractivity contribution in [2.45, 2.75) is 54.9 Å². The smallest absolute Gasteiger partial charge is 0.293 e. The third kappa shape index (κ3) is 2.86. The molecule has 2 unspecified atom stereocenters. The van der Waals surface area contributed by atoms with Gasteiger partial charge in [0.25, 0.3) is 5.91 Å². The molecule has 3 heterocycles. The van der Waals surface area contributed by atoms with E-state index in [0.717, 1.165) is 33.9 Å². The molecule has 0 radical (unpaired) electrons. The molecule has 136 valence electrons. The molecule has 2 aliphatic carbocycles. The molecule has 26 heavy (non-hydrogen) atoms. The summed E-state index contributed by atoms with van der Waals surface area (Å²) in [6.07, 6.45) is 6.33. The Morgan fingerprint density at radius 3 is 2.50 bits per heavy atom. The Hall–Kier alpha value is -1.75. The highest BCUT2D eigenvalue weighted by atomic mass is 32.2. The molecule has 4 fully saturated rings. The van der Waals surface area contributed by atoms with Gasteiger partial charge in [0.05, 0.1) is 10.6 Å². The van der Waals surface area contributed by atoms with Crippen LogP contribution in [0.4, 0.5) is 0 Å². The van der Waals surface area contributed by atoms with Gasteiger partial charge in [-0.1, -0.05) is 35.1 Å². The SMILES string of the molecule is Cc1noc(C(=O)N2CC3CC4CC(C3)CC2C4)c1Sc1ccccc1. The largest absolute Gasteiger partial charge is 0.349 e. The van der Waals surface area contributed by atoms with Crippen molar-refractivity contribution < 1.29 is 9.32 Å². The van der Waals surface area contributed by atoms with Crippen LogP contribution >= 0.6 is 11.8 Å². The summed E-state index contributed by atoms with van der Waals surface area (Å²) < 4.78 is 5.55. The Morgan fingerprint density at radius 2 is 1.77 bits per heavy atom. The summed E-state index contributed by atoms with van der Waals surface area (Å²) in [6, 6.07) is 10.5. The highest BCUT2D eigenvalue weighted by Crippen LogP contribution is 2.48. The van der Waals surface area contributed by atoms with Crippen LogP contribution in [0.15, 0.2) is 44.6 Å². The lowest BCUT2D eigenvalue weighted by molar-refractivity contribution is 0.0587. The topological polar surface area (TPSA) is 46.3 Å². The van der Waals surface area contributed by atoms with Gasteiger partial charge in [-0.2, -0.15) is 0 Å². The van der Waals surface area contributed by atoms with Gasteiger partial charge < -0.3 is 9.42 Å². The zero-order chi connectivity index (χ0) is 17.7. The molecule has 0 N–H and O–H groups in total. The second kappa shape index (κ2) is 6.45. The average Bonchev–Trinajstić information content (AvgIpc) is 2.87. The minimum atomic E-state index is 0.0437. The van der Waals surface area contributed by atoms with E-state index in [9.17, 15) is 4.79 Å². The number of amides is 1. The molecule has 4 aliphatic rings. The van der Waals surface area contributed by atoms with Crippen LogP contribution in [0, 0.1) is 24.7 Å². The Balaban J connectivity index is 1.44. The van der Waals surface area contributed by atoms with Crippen LogP contribution in [0.3, 0.4) is 0 Å². The first-order chi connectivity index (χ1) is 12.7. The van der Waals surface area contributed by atoms with Gasteiger partial charge in [-0.05, 0) is 68.9 Å². The Morgan fingerprint density at radius 1 is 1.08 bits per heavy atom. The number of nitrogens with zero attached hydrogens (tertiary/aromatic N) is 2. The van der Waals surface area contributed by atoms with Gasteiger partial charge in [-0.3, -0.25) is 4.79 Å². The number of carbonyl (C=O) groups excluding carboxylic acids is 1. The van der Waals surface area contributed by atoms with Crippen molar-refractivity contribution in [2.24, 2.45) is 17.8 Å². The molecule has 2 aliphatic heterocycles. The molecule has 2 saturated heterocycles. The molecular weight excluding hydrogens is 344 g/mol. The van der Waals surface area contributed by atoms with Crippen LogP contribution in [-0.4, -0.2) is 28.6 Å². The lowest BCUT2D eigenvalue weighted by atomic mass is 9.68. The van der Waals surface area contributed by atoms with E-state index in [0.29, 0.717) is 17.7 Å². The molecular formula is C21H24N2O2S. The minimum Gasteiger partial charge on any atom is -0.349 e. The van der Waals surface area contributed by atoms with E-state index in [-0.39, 0.29) is 5.91 Å². The predicted octanol–water partition coefficient (Wildman–Crippen LogP) is 4.78. The van der Waals surface area contributed by atoms with Crippen molar-refractivity contribution in [3.05, 3.63) is 41.8 Å². The molecule has 6 rings (SSSR count). The number of aryl methyl sites for hydroxylation is 1. The first kappa shape index (κ1) is 16.4. The van der Waals surface area contributed by atoms with Gasteiger partial charge in [0, 0.05) is 17.5 Å². The Bertz CT molecular complexity index is 805. The second-order valence-electron chi connectivity index (χ2n) is 8.23. The van der Waals surface area contributed by atoms with E-state index < -0.39 is 0 Å². The normalized spacial score (nSPS) is 29.8. The van der Waals surface area contributed by atoms with E-state index in [4.69, 9.17) is 4.52 Å². The van der Waals surface area contributed by atoms with E-state index >= 15 is 0 Å². The molecule has 2 aromatic rings. The minimum absolute atomic E-state index is 0.0437. The van der Waals surface area contributed by atoms with Gasteiger partial charge >= 0.3 is 0 Å². The van der Waals surface area contributed by atoms with Gasteiger partial charge in [0.15, 0.2) is 0 Å². The second-order valence-corrected chi connectivity index (χ2v) is 9.31. The molecule has 5 heteroatoms. The number of aromatic nitrogens is 1. The molecule has 1 aromatic heterocycles. The van der Waals surface area contributed by atoms with Gasteiger partial charge in [0.2, 0.25) is 5.76 Å². The number of rotatable bonds is 3. The van der Waals surface area contributed by atoms with Crippen molar-refractivity contribution in [1.29, 1.82) is 0 Å². The van der Waals surface area contributed by atoms with Crippen LogP contribution in [0.1, 0.15) is 48.4 Å². The van der Waals surface area contributed by atoms with Crippen molar-refractivity contribution in [3.63, 3.8) is 0 Å². The standard InChI is InChI=1S/C21H24N2O2S/c1-13-20(26-18-5-3-2-4-6-18)19(25-22-13)21(24)23-12-16-8-14-7-15(9-16)11-17(23)10-14/h2-6,14-17H,7-12H2,1H3. The number of hydrogen-bond acceptors (Lipinski definition) is 4. The van der Waals surface area contributed by atoms with Crippen LogP contribution < -0.4 is 0 Å². The highest BCUT2D eigenvalue weighted by molar-refractivity contribution is 7.99. The van der Waals surface area contributed by atoms with E-state index in [1.54, 1.807) is 11.8 Å². The average molecular weight is 369 g/mol. The number of carbonyl (C=O) groups is 1. The lowest BCUT2D eigenvalue weighted by Crippen LogP contribution is -2.42. The fourth-order valence-corrected chi connectivity index (χ4v) is 6.32.